The van der Waals surface area contributed by atoms with Gasteiger partial charge in [0, 0.05) is 17.7 Å². The molecule has 0 aromatic carbocycles. The highest BCUT2D eigenvalue weighted by Crippen LogP contribution is 2.21. The number of rotatable bonds is 4. The highest BCUT2D eigenvalue weighted by molar-refractivity contribution is 5.93. The van der Waals surface area contributed by atoms with Gasteiger partial charge in [0.25, 0.3) is 11.5 Å². The zero-order valence-corrected chi connectivity index (χ0v) is 12.1. The second kappa shape index (κ2) is 6.02. The SMILES string of the molecule is CCCCn1c(C(C)(C)C)ccc(C(=O)NN)c1=O. The van der Waals surface area contributed by atoms with E-state index in [0.717, 1.165) is 18.5 Å². The first-order chi connectivity index (χ1) is 8.82. The minimum absolute atomic E-state index is 0.0894. The van der Waals surface area contributed by atoms with Gasteiger partial charge in [-0.05, 0) is 18.6 Å². The standard InChI is InChI=1S/C14H23N3O2/c1-5-6-9-17-11(14(2,3)4)8-7-10(13(17)19)12(18)16-15/h7-8H,5-6,9,15H2,1-4H3,(H,16,18). The average molecular weight is 265 g/mol. The monoisotopic (exact) mass is 265 g/mol. The van der Waals surface area contributed by atoms with Crippen LogP contribution in [0.5, 0.6) is 0 Å². The van der Waals surface area contributed by atoms with Crippen LogP contribution in [-0.4, -0.2) is 10.5 Å². The lowest BCUT2D eigenvalue weighted by Crippen LogP contribution is -2.38. The molecular formula is C14H23N3O2. The number of nitrogens with one attached hydrogen (secondary N) is 1. The van der Waals surface area contributed by atoms with Gasteiger partial charge in [-0.25, -0.2) is 5.84 Å². The summed E-state index contributed by atoms with van der Waals surface area (Å²) in [5.74, 6) is 4.55. The molecule has 3 N–H and O–H groups in total. The Balaban J connectivity index is 3.41. The molecule has 1 aromatic heterocycles. The molecule has 0 fully saturated rings. The van der Waals surface area contributed by atoms with E-state index in [1.807, 2.05) is 32.3 Å². The molecule has 0 aliphatic rings. The van der Waals surface area contributed by atoms with Gasteiger partial charge >= 0.3 is 0 Å². The Morgan fingerprint density at radius 2 is 2.00 bits per heavy atom. The number of aromatic nitrogens is 1. The summed E-state index contributed by atoms with van der Waals surface area (Å²) in [4.78, 5) is 24.0. The fourth-order valence-electron chi connectivity index (χ4n) is 2.02. The number of nitrogen functional groups attached to an aromatic ring is 1. The van der Waals surface area contributed by atoms with Crippen LogP contribution in [0, 0.1) is 0 Å². The number of hydrazine groups is 1. The Kier molecular flexibility index (Phi) is 4.89. The van der Waals surface area contributed by atoms with Gasteiger partial charge in [0.2, 0.25) is 0 Å². The van der Waals surface area contributed by atoms with E-state index in [9.17, 15) is 9.59 Å². The summed E-state index contributed by atoms with van der Waals surface area (Å²) >= 11 is 0. The van der Waals surface area contributed by atoms with Gasteiger partial charge in [0.05, 0.1) is 0 Å². The molecule has 0 bridgehead atoms. The van der Waals surface area contributed by atoms with Gasteiger partial charge in [0.1, 0.15) is 5.56 Å². The van der Waals surface area contributed by atoms with E-state index in [0.29, 0.717) is 6.54 Å². The molecule has 0 unspecified atom stereocenters. The third-order valence-electron chi connectivity index (χ3n) is 3.05. The Bertz CT molecular complexity index is 512. The van der Waals surface area contributed by atoms with E-state index in [-0.39, 0.29) is 16.5 Å². The lowest BCUT2D eigenvalue weighted by molar-refractivity contribution is 0.0951. The largest absolute Gasteiger partial charge is 0.311 e. The number of nitrogens with zero attached hydrogens (tertiary/aromatic N) is 1. The maximum absolute atomic E-state index is 12.4. The third kappa shape index (κ3) is 3.44. The predicted molar refractivity (Wildman–Crippen MR) is 76.0 cm³/mol. The van der Waals surface area contributed by atoms with Crippen molar-refractivity contribution in [3.05, 3.63) is 33.7 Å². The van der Waals surface area contributed by atoms with E-state index < -0.39 is 5.91 Å². The van der Waals surface area contributed by atoms with Crippen LogP contribution in [0.15, 0.2) is 16.9 Å². The topological polar surface area (TPSA) is 77.1 Å². The molecule has 0 radical (unpaired) electrons. The molecule has 0 saturated heterocycles. The molecule has 0 aliphatic heterocycles. The average Bonchev–Trinajstić information content (AvgIpc) is 2.34. The Morgan fingerprint density at radius 3 is 2.47 bits per heavy atom. The van der Waals surface area contributed by atoms with Gasteiger partial charge in [-0.1, -0.05) is 34.1 Å². The quantitative estimate of drug-likeness (QED) is 0.492. The summed E-state index contributed by atoms with van der Waals surface area (Å²) < 4.78 is 1.69. The van der Waals surface area contributed by atoms with Gasteiger partial charge in [-0.15, -0.1) is 0 Å². The van der Waals surface area contributed by atoms with Crippen LogP contribution in [0.4, 0.5) is 0 Å². The first-order valence-electron chi connectivity index (χ1n) is 6.58. The number of nitrogens with two attached hydrogens (primary N) is 1. The Labute approximate surface area is 113 Å². The summed E-state index contributed by atoms with van der Waals surface area (Å²) in [6.07, 6.45) is 1.89. The van der Waals surface area contributed by atoms with Crippen LogP contribution in [0.25, 0.3) is 0 Å². The fraction of sp³-hybridized carbons (Fsp3) is 0.571. The smallest absolute Gasteiger partial charge is 0.270 e. The first-order valence-corrected chi connectivity index (χ1v) is 6.58. The van der Waals surface area contributed by atoms with Crippen molar-refractivity contribution in [1.29, 1.82) is 0 Å². The van der Waals surface area contributed by atoms with E-state index in [1.54, 1.807) is 10.6 Å². The van der Waals surface area contributed by atoms with Crippen LogP contribution < -0.4 is 16.8 Å². The van der Waals surface area contributed by atoms with Crippen molar-refractivity contribution in [3.8, 4) is 0 Å². The summed E-state index contributed by atoms with van der Waals surface area (Å²) in [6, 6.07) is 3.38. The molecule has 0 atom stereocenters. The first kappa shape index (κ1) is 15.4. The lowest BCUT2D eigenvalue weighted by Gasteiger charge is -2.24. The molecule has 1 amide bonds. The number of pyridine rings is 1. The number of hydrogen-bond acceptors (Lipinski definition) is 3. The minimum Gasteiger partial charge on any atom is -0.311 e. The van der Waals surface area contributed by atoms with Crippen LogP contribution in [-0.2, 0) is 12.0 Å². The molecule has 19 heavy (non-hydrogen) atoms. The van der Waals surface area contributed by atoms with E-state index in [2.05, 4.69) is 6.92 Å². The second-order valence-corrected chi connectivity index (χ2v) is 5.67. The molecule has 1 aromatic rings. The van der Waals surface area contributed by atoms with Crippen LogP contribution in [0.3, 0.4) is 0 Å². The molecule has 1 rings (SSSR count). The molecule has 5 nitrogen and oxygen atoms in total. The third-order valence-corrected chi connectivity index (χ3v) is 3.05. The van der Waals surface area contributed by atoms with Crippen LogP contribution in [0.1, 0.15) is 56.6 Å². The molecule has 5 heteroatoms. The molecule has 1 heterocycles. The summed E-state index contributed by atoms with van der Waals surface area (Å²) in [6.45, 7) is 8.83. The van der Waals surface area contributed by atoms with Gasteiger partial charge < -0.3 is 4.57 Å². The van der Waals surface area contributed by atoms with Gasteiger partial charge in [-0.2, -0.15) is 0 Å². The zero-order chi connectivity index (χ0) is 14.6. The number of carbonyl (C=O) groups excluding carboxylic acids is 1. The number of hydrogen-bond donors (Lipinski definition) is 2. The number of carbonyl (C=O) groups is 1. The van der Waals surface area contributed by atoms with Gasteiger partial charge in [-0.3, -0.25) is 15.0 Å². The van der Waals surface area contributed by atoms with E-state index >= 15 is 0 Å². The maximum Gasteiger partial charge on any atom is 0.270 e. The minimum atomic E-state index is -0.546. The number of amides is 1. The zero-order valence-electron chi connectivity index (χ0n) is 12.1. The van der Waals surface area contributed by atoms with Crippen molar-refractivity contribution in [3.63, 3.8) is 0 Å². The van der Waals surface area contributed by atoms with E-state index in [1.165, 1.54) is 0 Å². The highest BCUT2D eigenvalue weighted by Gasteiger charge is 2.21. The summed E-state index contributed by atoms with van der Waals surface area (Å²) in [5, 5.41) is 0. The van der Waals surface area contributed by atoms with Crippen molar-refractivity contribution in [1.82, 2.24) is 9.99 Å². The van der Waals surface area contributed by atoms with Crippen molar-refractivity contribution in [2.24, 2.45) is 5.84 Å². The molecule has 0 saturated carbocycles. The molecule has 0 spiro atoms. The molecular weight excluding hydrogens is 242 g/mol. The highest BCUT2D eigenvalue weighted by atomic mass is 16.2. The van der Waals surface area contributed by atoms with E-state index in [4.69, 9.17) is 5.84 Å². The van der Waals surface area contributed by atoms with Gasteiger partial charge in [0.15, 0.2) is 0 Å². The van der Waals surface area contributed by atoms with Crippen LogP contribution in [0.2, 0.25) is 0 Å². The van der Waals surface area contributed by atoms with Crippen molar-refractivity contribution < 1.29 is 4.79 Å². The van der Waals surface area contributed by atoms with Crippen molar-refractivity contribution >= 4 is 5.91 Å². The molecule has 106 valence electrons. The van der Waals surface area contributed by atoms with Crippen molar-refractivity contribution in [2.75, 3.05) is 0 Å². The maximum atomic E-state index is 12.4. The number of unbranched alkanes of at least 4 members (excludes halogenated alkanes) is 1. The Morgan fingerprint density at radius 1 is 1.37 bits per heavy atom. The second-order valence-electron chi connectivity index (χ2n) is 5.67. The molecule has 0 aliphatic carbocycles. The predicted octanol–water partition coefficient (Wildman–Crippen LogP) is 1.55. The lowest BCUT2D eigenvalue weighted by atomic mass is 9.90. The summed E-state index contributed by atoms with van der Waals surface area (Å²) in [5.41, 5.74) is 2.61. The van der Waals surface area contributed by atoms with Crippen molar-refractivity contribution in [2.45, 2.75) is 52.5 Å². The summed E-state index contributed by atoms with van der Waals surface area (Å²) in [7, 11) is 0. The normalized spacial score (nSPS) is 11.4. The van der Waals surface area contributed by atoms with Crippen LogP contribution >= 0.6 is 0 Å². The fourth-order valence-corrected chi connectivity index (χ4v) is 2.02. The Hall–Kier alpha value is -1.62.